The van der Waals surface area contributed by atoms with Gasteiger partial charge < -0.3 is 0 Å². The van der Waals surface area contributed by atoms with Crippen LogP contribution in [0.15, 0.2) is 97.1 Å². The molecule has 0 atom stereocenters. The van der Waals surface area contributed by atoms with Crippen molar-refractivity contribution in [2.75, 3.05) is 0 Å². The van der Waals surface area contributed by atoms with E-state index in [1.165, 1.54) is 83.0 Å². The Bertz CT molecular complexity index is 1100. The van der Waals surface area contributed by atoms with E-state index in [-0.39, 0.29) is 3.42 Å². The number of alkyl halides is 1. The maximum atomic E-state index is 2.66. The molecule has 0 unspecified atom stereocenters. The van der Waals surface area contributed by atoms with Crippen molar-refractivity contribution in [2.45, 2.75) is 69.1 Å². The molecule has 0 amide bonds. The van der Waals surface area contributed by atoms with Gasteiger partial charge >= 0.3 is 0 Å². The fourth-order valence-electron chi connectivity index (χ4n) is 4.92. The van der Waals surface area contributed by atoms with Crippen LogP contribution in [0, 0.1) is 0 Å². The highest BCUT2D eigenvalue weighted by molar-refractivity contribution is 14.1. The van der Waals surface area contributed by atoms with Crippen LogP contribution in [0.5, 0.6) is 0 Å². The summed E-state index contributed by atoms with van der Waals surface area (Å²) in [7, 11) is 0. The van der Waals surface area contributed by atoms with Gasteiger partial charge in [0.15, 0.2) is 0 Å². The summed E-state index contributed by atoms with van der Waals surface area (Å²) in [6, 6.07) is 36.6. The molecule has 0 saturated carbocycles. The predicted molar refractivity (Wildman–Crippen MR) is 166 cm³/mol. The Morgan fingerprint density at radius 1 is 0.472 bits per heavy atom. The molecule has 4 aromatic carbocycles. The Morgan fingerprint density at radius 2 is 0.778 bits per heavy atom. The van der Waals surface area contributed by atoms with Gasteiger partial charge in [0.05, 0.1) is 3.42 Å². The van der Waals surface area contributed by atoms with Gasteiger partial charge in [0.2, 0.25) is 0 Å². The Hall–Kier alpha value is -2.39. The summed E-state index contributed by atoms with van der Waals surface area (Å²) >= 11 is 2.66. The van der Waals surface area contributed by atoms with Crippen LogP contribution >= 0.6 is 22.6 Å². The van der Waals surface area contributed by atoms with Crippen molar-refractivity contribution >= 4 is 22.6 Å². The van der Waals surface area contributed by atoms with Crippen molar-refractivity contribution in [3.8, 4) is 22.3 Å². The van der Waals surface area contributed by atoms with E-state index in [1.54, 1.807) is 0 Å². The van der Waals surface area contributed by atoms with E-state index < -0.39 is 0 Å². The van der Waals surface area contributed by atoms with Crippen LogP contribution in [0.1, 0.15) is 75.1 Å². The average molecular weight is 587 g/mol. The monoisotopic (exact) mass is 586 g/mol. The molecule has 4 rings (SSSR count). The minimum absolute atomic E-state index is 0.0388. The Labute approximate surface area is 232 Å². The lowest BCUT2D eigenvalue weighted by molar-refractivity contribution is 0.745. The Kier molecular flexibility index (Phi) is 9.42. The van der Waals surface area contributed by atoms with Crippen LogP contribution in [-0.4, -0.2) is 0 Å². The first-order valence-corrected chi connectivity index (χ1v) is 14.7. The summed E-state index contributed by atoms with van der Waals surface area (Å²) in [5, 5.41) is 0. The lowest BCUT2D eigenvalue weighted by Crippen LogP contribution is -2.18. The molecule has 0 fully saturated rings. The van der Waals surface area contributed by atoms with Crippen molar-refractivity contribution in [3.63, 3.8) is 0 Å². The zero-order chi connectivity index (χ0) is 25.4. The van der Waals surface area contributed by atoms with Gasteiger partial charge in [-0.2, -0.15) is 0 Å². The molecule has 186 valence electrons. The van der Waals surface area contributed by atoms with E-state index in [4.69, 9.17) is 0 Å². The number of benzene rings is 4. The molecule has 0 aliphatic heterocycles. The molecule has 0 bridgehead atoms. The maximum Gasteiger partial charge on any atom is 0.0716 e. The van der Waals surface area contributed by atoms with Crippen LogP contribution in [0.3, 0.4) is 0 Å². The third-order valence-electron chi connectivity index (χ3n) is 7.38. The highest BCUT2D eigenvalue weighted by Gasteiger charge is 2.29. The van der Waals surface area contributed by atoms with Crippen LogP contribution < -0.4 is 0 Å². The van der Waals surface area contributed by atoms with E-state index in [0.29, 0.717) is 0 Å². The molecule has 0 saturated heterocycles. The molecular formula is C35H39I. The standard InChI is InChI=1S/C35H39I/c1-4-7-9-27-11-15-29(16-12-27)31-19-23-33(24-20-31)35(36,6-3)34-25-21-32(22-26-34)30-17-13-28(14-18-30)10-8-5-2/h11-26H,4-10H2,1-3H3. The number of halogens is 1. The fraction of sp³-hybridized carbons (Fsp3) is 0.314. The molecule has 4 aromatic rings. The van der Waals surface area contributed by atoms with Gasteiger partial charge in [-0.1, -0.05) is 153 Å². The molecule has 0 spiro atoms. The third kappa shape index (κ3) is 6.29. The zero-order valence-electron chi connectivity index (χ0n) is 22.1. The second-order valence-electron chi connectivity index (χ2n) is 9.91. The minimum Gasteiger partial charge on any atom is -0.0684 e. The van der Waals surface area contributed by atoms with Gasteiger partial charge in [-0.05, 0) is 76.6 Å². The summed E-state index contributed by atoms with van der Waals surface area (Å²) in [6.45, 7) is 6.79. The summed E-state index contributed by atoms with van der Waals surface area (Å²) in [5.74, 6) is 0. The van der Waals surface area contributed by atoms with Crippen LogP contribution in [0.2, 0.25) is 0 Å². The van der Waals surface area contributed by atoms with Gasteiger partial charge in [0.1, 0.15) is 0 Å². The summed E-state index contributed by atoms with van der Waals surface area (Å²) in [4.78, 5) is 0. The van der Waals surface area contributed by atoms with Crippen molar-refractivity contribution in [1.82, 2.24) is 0 Å². The van der Waals surface area contributed by atoms with Crippen molar-refractivity contribution in [1.29, 1.82) is 0 Å². The van der Waals surface area contributed by atoms with E-state index in [0.717, 1.165) is 6.42 Å². The molecule has 0 aliphatic rings. The molecule has 0 aromatic heterocycles. The number of hydrogen-bond donors (Lipinski definition) is 0. The summed E-state index contributed by atoms with van der Waals surface area (Å²) < 4.78 is -0.0388. The first kappa shape index (κ1) is 26.7. The van der Waals surface area contributed by atoms with Crippen LogP contribution in [0.25, 0.3) is 22.3 Å². The number of unbranched alkanes of at least 4 members (excludes halogenated alkanes) is 2. The van der Waals surface area contributed by atoms with E-state index >= 15 is 0 Å². The van der Waals surface area contributed by atoms with Gasteiger partial charge in [-0.3, -0.25) is 0 Å². The molecule has 0 radical (unpaired) electrons. The number of hydrogen-bond acceptors (Lipinski definition) is 0. The maximum absolute atomic E-state index is 2.66. The van der Waals surface area contributed by atoms with E-state index in [1.807, 2.05) is 0 Å². The normalized spacial score (nSPS) is 11.6. The highest BCUT2D eigenvalue weighted by atomic mass is 127. The van der Waals surface area contributed by atoms with Crippen LogP contribution in [-0.2, 0) is 16.3 Å². The van der Waals surface area contributed by atoms with Crippen LogP contribution in [0.4, 0.5) is 0 Å². The molecule has 0 heterocycles. The minimum atomic E-state index is -0.0388. The molecule has 0 N–H and O–H groups in total. The predicted octanol–water partition coefficient (Wildman–Crippen LogP) is 10.8. The molecule has 36 heavy (non-hydrogen) atoms. The van der Waals surface area contributed by atoms with Gasteiger partial charge in [-0.25, -0.2) is 0 Å². The largest absolute Gasteiger partial charge is 0.0716 e. The van der Waals surface area contributed by atoms with Gasteiger partial charge in [0.25, 0.3) is 0 Å². The third-order valence-corrected chi connectivity index (χ3v) is 9.39. The Balaban J connectivity index is 1.50. The second-order valence-corrected chi connectivity index (χ2v) is 11.8. The molecular weight excluding hydrogens is 547 g/mol. The van der Waals surface area contributed by atoms with Gasteiger partial charge in [-0.15, -0.1) is 0 Å². The van der Waals surface area contributed by atoms with E-state index in [9.17, 15) is 0 Å². The molecule has 0 nitrogen and oxygen atoms in total. The first-order chi connectivity index (χ1) is 17.6. The Morgan fingerprint density at radius 3 is 1.06 bits per heavy atom. The molecule has 0 aliphatic carbocycles. The summed E-state index contributed by atoms with van der Waals surface area (Å²) in [5.41, 5.74) is 10.8. The average Bonchev–Trinajstić information content (AvgIpc) is 2.95. The van der Waals surface area contributed by atoms with E-state index in [2.05, 4.69) is 140 Å². The smallest absolute Gasteiger partial charge is 0.0684 e. The highest BCUT2D eigenvalue weighted by Crippen LogP contribution is 2.43. The van der Waals surface area contributed by atoms with Crippen molar-refractivity contribution in [2.24, 2.45) is 0 Å². The SMILES string of the molecule is CCCCc1ccc(-c2ccc(C(I)(CC)c3ccc(-c4ccc(CCCC)cc4)cc3)cc2)cc1. The lowest BCUT2D eigenvalue weighted by atomic mass is 9.87. The second kappa shape index (κ2) is 12.7. The van der Waals surface area contributed by atoms with Gasteiger partial charge in [0, 0.05) is 0 Å². The number of aryl methyl sites for hydroxylation is 2. The fourth-order valence-corrected chi connectivity index (χ4v) is 5.64. The molecule has 1 heteroatoms. The lowest BCUT2D eigenvalue weighted by Gasteiger charge is -2.28. The first-order valence-electron chi connectivity index (χ1n) is 13.7. The van der Waals surface area contributed by atoms with Crippen molar-refractivity contribution in [3.05, 3.63) is 119 Å². The quantitative estimate of drug-likeness (QED) is 0.121. The van der Waals surface area contributed by atoms with Crippen molar-refractivity contribution < 1.29 is 0 Å². The summed E-state index contributed by atoms with van der Waals surface area (Å²) in [6.07, 6.45) is 8.40. The topological polar surface area (TPSA) is 0 Å². The zero-order valence-corrected chi connectivity index (χ0v) is 24.2. The number of rotatable bonds is 11.